The zero-order valence-electron chi connectivity index (χ0n) is 15.8. The van der Waals surface area contributed by atoms with E-state index >= 15 is 0 Å². The van der Waals surface area contributed by atoms with E-state index < -0.39 is 29.2 Å². The third kappa shape index (κ3) is 4.57. The summed E-state index contributed by atoms with van der Waals surface area (Å²) in [5, 5.41) is 0. The van der Waals surface area contributed by atoms with Crippen molar-refractivity contribution in [1.29, 1.82) is 0 Å². The Bertz CT molecular complexity index is 785. The normalized spacial score (nSPS) is 12.4. The van der Waals surface area contributed by atoms with Gasteiger partial charge < -0.3 is 13.9 Å². The fourth-order valence-electron chi connectivity index (χ4n) is 2.64. The maximum Gasteiger partial charge on any atom is 0.302 e. The largest absolute Gasteiger partial charge is 0.376 e. The molecule has 2 aromatic rings. The summed E-state index contributed by atoms with van der Waals surface area (Å²) in [6, 6.07) is 6.60. The first kappa shape index (κ1) is 21.6. The van der Waals surface area contributed by atoms with Gasteiger partial charge >= 0.3 is 5.97 Å². The molecule has 3 nitrogen and oxygen atoms in total. The molecule has 148 valence electrons. The molecule has 0 saturated heterocycles. The summed E-state index contributed by atoms with van der Waals surface area (Å²) in [4.78, 5) is 0. The summed E-state index contributed by atoms with van der Waals surface area (Å²) in [7, 11) is 0.310. The predicted octanol–water partition coefficient (Wildman–Crippen LogP) is 4.17. The molecule has 0 aromatic heterocycles. The van der Waals surface area contributed by atoms with Crippen LogP contribution in [0.4, 0.5) is 17.6 Å². The van der Waals surface area contributed by atoms with E-state index in [1.54, 1.807) is 12.1 Å². The van der Waals surface area contributed by atoms with Crippen molar-refractivity contribution >= 4 is 10.5 Å². The van der Waals surface area contributed by atoms with Crippen LogP contribution >= 0.6 is 0 Å². The number of hydrogen-bond acceptors (Lipinski definition) is 3. The van der Waals surface area contributed by atoms with Crippen LogP contribution in [0.2, 0.25) is 0 Å². The number of ether oxygens (including phenoxy) is 2. The second-order valence-electron chi connectivity index (χ2n) is 6.52. The molecule has 0 aliphatic rings. The lowest BCUT2D eigenvalue weighted by molar-refractivity contribution is -0.378. The van der Waals surface area contributed by atoms with Gasteiger partial charge in [-0.3, -0.25) is 0 Å². The van der Waals surface area contributed by atoms with Crippen LogP contribution in [-0.2, 0) is 19.9 Å². The van der Waals surface area contributed by atoms with Crippen LogP contribution in [0.3, 0.4) is 0 Å². The highest BCUT2D eigenvalue weighted by Gasteiger charge is 2.36. The van der Waals surface area contributed by atoms with Gasteiger partial charge in [-0.2, -0.15) is 0 Å². The van der Waals surface area contributed by atoms with Crippen molar-refractivity contribution in [1.82, 2.24) is 0 Å². The summed E-state index contributed by atoms with van der Waals surface area (Å²) in [5.41, 5.74) is 0.294. The minimum absolute atomic E-state index is 0.172. The van der Waals surface area contributed by atoms with E-state index in [-0.39, 0.29) is 23.3 Å². The Morgan fingerprint density at radius 1 is 0.815 bits per heavy atom. The Morgan fingerprint density at radius 2 is 1.33 bits per heavy atom. The van der Waals surface area contributed by atoms with Gasteiger partial charge in [-0.15, -0.1) is 0 Å². The monoisotopic (exact) mass is 402 g/mol. The molecule has 0 bridgehead atoms. The molecule has 27 heavy (non-hydrogen) atoms. The van der Waals surface area contributed by atoms with E-state index in [1.165, 1.54) is 12.1 Å². The standard InChI is InChI=1S/C19H22F4O3Si/c1-10(2)24-19(26-27,25-11(3)4)13-7-5-12(6-8-13)14-9-15(20)17(22)18(23)16(14)21/h5-11H,1-4,27H3. The molecular formula is C19H22F4O3Si. The highest BCUT2D eigenvalue weighted by molar-refractivity contribution is 5.98. The zero-order valence-corrected chi connectivity index (χ0v) is 17.8. The zero-order chi connectivity index (χ0) is 20.4. The van der Waals surface area contributed by atoms with Crippen molar-refractivity contribution < 1.29 is 31.5 Å². The smallest absolute Gasteiger partial charge is 0.302 e. The van der Waals surface area contributed by atoms with Gasteiger partial charge in [-0.25, -0.2) is 17.6 Å². The average molecular weight is 402 g/mol. The van der Waals surface area contributed by atoms with Gasteiger partial charge in [0.15, 0.2) is 33.8 Å². The summed E-state index contributed by atoms with van der Waals surface area (Å²) in [6.45, 7) is 7.30. The van der Waals surface area contributed by atoms with E-state index in [1.807, 2.05) is 27.7 Å². The molecule has 0 saturated carbocycles. The first-order valence-electron chi connectivity index (χ1n) is 8.46. The molecule has 0 aliphatic heterocycles. The Morgan fingerprint density at radius 3 is 1.78 bits per heavy atom. The van der Waals surface area contributed by atoms with Crippen LogP contribution in [0.5, 0.6) is 0 Å². The highest BCUT2D eigenvalue weighted by atomic mass is 28.2. The van der Waals surface area contributed by atoms with Crippen molar-refractivity contribution in [3.8, 4) is 11.1 Å². The summed E-state index contributed by atoms with van der Waals surface area (Å²) in [5.74, 6) is -8.05. The first-order valence-corrected chi connectivity index (χ1v) is 9.27. The van der Waals surface area contributed by atoms with Crippen molar-refractivity contribution in [3.05, 3.63) is 59.2 Å². The molecule has 0 heterocycles. The maximum absolute atomic E-state index is 14.0. The van der Waals surface area contributed by atoms with E-state index in [2.05, 4.69) is 0 Å². The van der Waals surface area contributed by atoms with Gasteiger partial charge in [0.1, 0.15) is 0 Å². The summed E-state index contributed by atoms with van der Waals surface area (Å²) in [6.07, 6.45) is -0.426. The summed E-state index contributed by atoms with van der Waals surface area (Å²) >= 11 is 0. The van der Waals surface area contributed by atoms with E-state index in [0.29, 0.717) is 22.1 Å². The van der Waals surface area contributed by atoms with Gasteiger partial charge in [-0.05, 0) is 39.3 Å². The lowest BCUT2D eigenvalue weighted by Crippen LogP contribution is -2.40. The second-order valence-corrected chi connectivity index (χ2v) is 6.93. The van der Waals surface area contributed by atoms with E-state index in [9.17, 15) is 17.6 Å². The van der Waals surface area contributed by atoms with E-state index in [0.717, 1.165) is 0 Å². The van der Waals surface area contributed by atoms with Gasteiger partial charge in [-0.1, -0.05) is 24.3 Å². The lowest BCUT2D eigenvalue weighted by atomic mass is 10.0. The van der Waals surface area contributed by atoms with Crippen molar-refractivity contribution in [2.75, 3.05) is 0 Å². The highest BCUT2D eigenvalue weighted by Crippen LogP contribution is 2.34. The van der Waals surface area contributed by atoms with Gasteiger partial charge in [0, 0.05) is 11.1 Å². The number of halogens is 4. The Balaban J connectivity index is 2.49. The van der Waals surface area contributed by atoms with Crippen molar-refractivity contribution in [2.45, 2.75) is 45.9 Å². The Hall–Kier alpha value is -1.74. The topological polar surface area (TPSA) is 27.7 Å². The van der Waals surface area contributed by atoms with Crippen LogP contribution in [0.1, 0.15) is 33.3 Å². The van der Waals surface area contributed by atoms with Gasteiger partial charge in [0.25, 0.3) is 0 Å². The van der Waals surface area contributed by atoms with Gasteiger partial charge in [0.05, 0.1) is 12.2 Å². The van der Waals surface area contributed by atoms with Crippen LogP contribution < -0.4 is 0 Å². The first-order chi connectivity index (χ1) is 12.6. The molecule has 0 unspecified atom stereocenters. The molecule has 0 aliphatic carbocycles. The van der Waals surface area contributed by atoms with Crippen LogP contribution in [0.15, 0.2) is 30.3 Å². The minimum atomic E-state index is -1.85. The minimum Gasteiger partial charge on any atom is -0.376 e. The van der Waals surface area contributed by atoms with Gasteiger partial charge in [0.2, 0.25) is 0 Å². The third-order valence-corrected chi connectivity index (χ3v) is 4.24. The molecular weight excluding hydrogens is 380 g/mol. The van der Waals surface area contributed by atoms with Crippen LogP contribution in [-0.4, -0.2) is 22.7 Å². The molecule has 0 N–H and O–H groups in total. The molecule has 8 heteroatoms. The summed E-state index contributed by atoms with van der Waals surface area (Å²) < 4.78 is 71.5. The Labute approximate surface area is 158 Å². The molecule has 2 rings (SSSR count). The fraction of sp³-hybridized carbons (Fsp3) is 0.368. The third-order valence-electron chi connectivity index (χ3n) is 3.70. The quantitative estimate of drug-likeness (QED) is 0.229. The molecule has 0 atom stereocenters. The van der Waals surface area contributed by atoms with Crippen molar-refractivity contribution in [2.24, 2.45) is 0 Å². The maximum atomic E-state index is 14.0. The van der Waals surface area contributed by atoms with Crippen molar-refractivity contribution in [3.63, 3.8) is 0 Å². The molecule has 0 amide bonds. The second kappa shape index (κ2) is 8.51. The van der Waals surface area contributed by atoms with Crippen LogP contribution in [0, 0.1) is 23.3 Å². The van der Waals surface area contributed by atoms with E-state index in [4.69, 9.17) is 13.9 Å². The number of rotatable bonds is 7. The lowest BCUT2D eigenvalue weighted by Gasteiger charge is -2.36. The molecule has 2 aromatic carbocycles. The number of benzene rings is 2. The average Bonchev–Trinajstić information content (AvgIpc) is 2.61. The molecule has 0 spiro atoms. The van der Waals surface area contributed by atoms with Crippen LogP contribution in [0.25, 0.3) is 11.1 Å². The SMILES string of the molecule is CC(C)OC(O[SiH3])(OC(C)C)c1ccc(-c2cc(F)c(F)c(F)c2F)cc1. The predicted molar refractivity (Wildman–Crippen MR) is 96.9 cm³/mol. The fourth-order valence-corrected chi connectivity index (χ4v) is 3.06. The Kier molecular flexibility index (Phi) is 6.80. The molecule has 0 radical (unpaired) electrons. The molecule has 0 fully saturated rings. The number of hydrogen-bond donors (Lipinski definition) is 0.